The van der Waals surface area contributed by atoms with E-state index in [-0.39, 0.29) is 0 Å². The Morgan fingerprint density at radius 2 is 2.20 bits per heavy atom. The molecule has 0 bridgehead atoms. The third kappa shape index (κ3) is 4.47. The molecule has 0 saturated carbocycles. The van der Waals surface area contributed by atoms with E-state index >= 15 is 0 Å². The Hall–Kier alpha value is 0.469. The average molecular weight is 176 g/mol. The van der Waals surface area contributed by atoms with Gasteiger partial charge < -0.3 is 0 Å². The molecule has 0 saturated heterocycles. The summed E-state index contributed by atoms with van der Waals surface area (Å²) in [4.78, 5) is 9.85. The van der Waals surface area contributed by atoms with Gasteiger partial charge in [0.25, 0.3) is 0 Å². The monoisotopic (exact) mass is 177 g/mol. The van der Waals surface area contributed by atoms with Crippen molar-refractivity contribution in [2.24, 2.45) is 0 Å². The normalized spacial score (nSPS) is 7.60. The summed E-state index contributed by atoms with van der Waals surface area (Å²) in [6.45, 7) is 1.87. The van der Waals surface area contributed by atoms with Gasteiger partial charge in [-0.3, -0.25) is 0 Å². The second kappa shape index (κ2) is 2.69. The van der Waals surface area contributed by atoms with Gasteiger partial charge >= 0.3 is 44.5 Å². The Kier molecular flexibility index (Phi) is 2.94. The van der Waals surface area contributed by atoms with E-state index in [0.717, 1.165) is 22.5 Å². The molecule has 3 radical (unpaired) electrons. The Balaban J connectivity index is 2.85. The molecule has 1 nitrogen and oxygen atoms in total. The quantitative estimate of drug-likeness (QED) is 0.517. The first kappa shape index (κ1) is 5.47. The van der Waals surface area contributed by atoms with E-state index in [1.54, 1.807) is 0 Å². The minimum atomic E-state index is 0.345. The Morgan fingerprint density at radius 3 is 2.20 bits per heavy atom. The van der Waals surface area contributed by atoms with Gasteiger partial charge in [-0.15, -0.1) is 0 Å². The minimum absolute atomic E-state index is 0.345. The van der Waals surface area contributed by atoms with E-state index in [9.17, 15) is 4.79 Å². The van der Waals surface area contributed by atoms with Crippen LogP contribution in [-0.2, 0) is 4.79 Å². The predicted octanol–water partition coefficient (Wildman–Crippen LogP) is 0.0915. The molecule has 2 heteroatoms. The van der Waals surface area contributed by atoms with Gasteiger partial charge in [-0.2, -0.15) is 0 Å². The average Bonchev–Trinajstić information content (AvgIpc) is 1.38. The molecule has 0 unspecified atom stereocenters. The van der Waals surface area contributed by atoms with Crippen LogP contribution in [0.2, 0.25) is 0 Å². The molecule has 0 aliphatic heterocycles. The molecule has 0 amide bonds. The fourth-order valence-corrected chi connectivity index (χ4v) is 0. The van der Waals surface area contributed by atoms with Gasteiger partial charge in [0.2, 0.25) is 0 Å². The number of carbonyl (C=O) groups excluding carboxylic acids is 1. The molecule has 0 rings (SSSR count). The van der Waals surface area contributed by atoms with Crippen molar-refractivity contribution in [1.82, 2.24) is 0 Å². The van der Waals surface area contributed by atoms with Crippen LogP contribution in [0.15, 0.2) is 0 Å². The summed E-state index contributed by atoms with van der Waals surface area (Å²) in [6.07, 6.45) is 0.707. The van der Waals surface area contributed by atoms with E-state index in [0.29, 0.717) is 10.2 Å². The molecule has 0 aliphatic rings. The first-order valence-electron chi connectivity index (χ1n) is 1.51. The number of hydrogen-bond donors (Lipinski definition) is 0. The fourth-order valence-electron chi connectivity index (χ4n) is 0. The summed E-state index contributed by atoms with van der Waals surface area (Å²) in [6, 6.07) is 0. The van der Waals surface area contributed by atoms with Crippen molar-refractivity contribution >= 4 is 26.3 Å². The first-order valence-corrected chi connectivity index (χ1v) is 2.94. The van der Waals surface area contributed by atoms with Gasteiger partial charge in [0.1, 0.15) is 0 Å². The Morgan fingerprint density at radius 1 is 2.00 bits per heavy atom. The fraction of sp³-hybridized carbons (Fsp3) is 0.667. The van der Waals surface area contributed by atoms with Gasteiger partial charge in [-0.1, -0.05) is 0 Å². The van der Waals surface area contributed by atoms with Crippen molar-refractivity contribution in [3.8, 4) is 0 Å². The molecule has 0 spiro atoms. The van der Waals surface area contributed by atoms with Crippen molar-refractivity contribution in [3.05, 3.63) is 0 Å². The van der Waals surface area contributed by atoms with Gasteiger partial charge in [-0.25, -0.2) is 0 Å². The van der Waals surface area contributed by atoms with E-state index in [2.05, 4.69) is 0 Å². The van der Waals surface area contributed by atoms with E-state index in [1.807, 2.05) is 6.92 Å². The molecular weight excluding hydrogens is 171 g/mol. The third-order valence-electron chi connectivity index (χ3n) is 0.321. The molecule has 5 heavy (non-hydrogen) atoms. The topological polar surface area (TPSA) is 17.1 Å². The number of hydrogen-bond acceptors (Lipinski definition) is 1. The predicted molar refractivity (Wildman–Crippen MR) is 21.1 cm³/mol. The summed E-state index contributed by atoms with van der Waals surface area (Å²) < 4.78 is 0.345. The van der Waals surface area contributed by atoms with Crippen LogP contribution >= 0.6 is 0 Å². The molecule has 0 N–H and O–H groups in total. The van der Waals surface area contributed by atoms with Crippen LogP contribution in [0.3, 0.4) is 0 Å². The summed E-state index contributed by atoms with van der Waals surface area (Å²) in [5.74, 6) is 0. The number of carbonyl (C=O) groups is 1. The van der Waals surface area contributed by atoms with Crippen LogP contribution in [-0.4, -0.2) is 26.3 Å². The van der Waals surface area contributed by atoms with Gasteiger partial charge in [0, 0.05) is 0 Å². The molecule has 0 aromatic heterocycles. The van der Waals surface area contributed by atoms with Crippen LogP contribution in [0.25, 0.3) is 0 Å². The summed E-state index contributed by atoms with van der Waals surface area (Å²) in [7, 11) is 0. The Labute approximate surface area is 44.8 Å². The molecule has 0 heterocycles. The molecule has 0 aromatic carbocycles. The second-order valence-corrected chi connectivity index (χ2v) is 2.37. The molecule has 0 aromatic rings. The number of rotatable bonds is 1. The van der Waals surface area contributed by atoms with Crippen LogP contribution in [0.4, 0.5) is 0 Å². The van der Waals surface area contributed by atoms with Gasteiger partial charge in [0.15, 0.2) is 0 Å². The van der Waals surface area contributed by atoms with Crippen LogP contribution < -0.4 is 0 Å². The van der Waals surface area contributed by atoms with Crippen molar-refractivity contribution in [1.29, 1.82) is 0 Å². The standard InChI is InChI=1S/C3H5O.Sn/c1-2-3-4;/h2H2,1H3;. The van der Waals surface area contributed by atoms with E-state index in [4.69, 9.17) is 0 Å². The van der Waals surface area contributed by atoms with Gasteiger partial charge in [0.05, 0.1) is 0 Å². The maximum atomic E-state index is 9.85. The SMILES string of the molecule is CC[C](=O)[Sn]. The first-order chi connectivity index (χ1) is 2.27. The zero-order valence-electron chi connectivity index (χ0n) is 3.12. The molecule has 27 valence electrons. The third-order valence-corrected chi connectivity index (χ3v) is 1.33. The van der Waals surface area contributed by atoms with E-state index in [1.165, 1.54) is 0 Å². The molecule has 0 aliphatic carbocycles. The van der Waals surface area contributed by atoms with Crippen LogP contribution in [0, 0.1) is 0 Å². The maximum absolute atomic E-state index is 9.85. The zero-order valence-corrected chi connectivity index (χ0v) is 5.97. The summed E-state index contributed by atoms with van der Waals surface area (Å²) in [5.41, 5.74) is 0. The summed E-state index contributed by atoms with van der Waals surface area (Å²) >= 11 is 1.03. The van der Waals surface area contributed by atoms with Crippen LogP contribution in [0.5, 0.6) is 0 Å². The Bertz CT molecular complexity index is 42.2. The van der Waals surface area contributed by atoms with Crippen molar-refractivity contribution < 1.29 is 4.79 Å². The van der Waals surface area contributed by atoms with Crippen molar-refractivity contribution in [2.75, 3.05) is 0 Å². The second-order valence-electron chi connectivity index (χ2n) is 0.777. The van der Waals surface area contributed by atoms with Crippen LogP contribution in [0.1, 0.15) is 13.3 Å². The summed E-state index contributed by atoms with van der Waals surface area (Å²) in [5, 5.41) is 0. The van der Waals surface area contributed by atoms with E-state index < -0.39 is 0 Å². The molecule has 0 fully saturated rings. The molecular formula is C3H5OSn. The van der Waals surface area contributed by atoms with Gasteiger partial charge in [-0.05, 0) is 0 Å². The zero-order chi connectivity index (χ0) is 4.28. The van der Waals surface area contributed by atoms with Crippen molar-refractivity contribution in [3.63, 3.8) is 0 Å². The van der Waals surface area contributed by atoms with Crippen molar-refractivity contribution in [2.45, 2.75) is 13.3 Å². The molecule has 0 atom stereocenters.